The number of benzene rings is 1. The number of hydrogen-bond donors (Lipinski definition) is 0. The van der Waals surface area contributed by atoms with Crippen LogP contribution < -0.4 is 0 Å². The number of hydrogen-bond acceptors (Lipinski definition) is 2. The predicted molar refractivity (Wildman–Crippen MR) is 84.2 cm³/mol. The van der Waals surface area contributed by atoms with Gasteiger partial charge >= 0.3 is 0 Å². The fourth-order valence-corrected chi connectivity index (χ4v) is 2.52. The van der Waals surface area contributed by atoms with E-state index in [0.29, 0.717) is 5.69 Å². The van der Waals surface area contributed by atoms with Crippen LogP contribution in [0.1, 0.15) is 41.2 Å². The Hall–Kier alpha value is -2.10. The van der Waals surface area contributed by atoms with E-state index >= 15 is 0 Å². The average Bonchev–Trinajstić information content (AvgIpc) is 2.71. The quantitative estimate of drug-likeness (QED) is 0.869. The van der Waals surface area contributed by atoms with Crippen LogP contribution in [0.25, 0.3) is 0 Å². The largest absolute Gasteiger partial charge is 0.331 e. The van der Waals surface area contributed by atoms with Crippen LogP contribution in [-0.4, -0.2) is 27.6 Å². The Kier molecular flexibility index (Phi) is 3.90. The molecule has 1 aromatic heterocycles. The second-order valence-corrected chi connectivity index (χ2v) is 5.97. The summed E-state index contributed by atoms with van der Waals surface area (Å²) >= 11 is 0. The highest BCUT2D eigenvalue weighted by molar-refractivity contribution is 5.94. The Morgan fingerprint density at radius 3 is 2.24 bits per heavy atom. The van der Waals surface area contributed by atoms with Crippen molar-refractivity contribution in [1.82, 2.24) is 14.7 Å². The third kappa shape index (κ3) is 2.58. The van der Waals surface area contributed by atoms with Crippen molar-refractivity contribution in [2.24, 2.45) is 7.05 Å². The molecule has 4 nitrogen and oxygen atoms in total. The van der Waals surface area contributed by atoms with Gasteiger partial charge in [0.15, 0.2) is 0 Å². The minimum Gasteiger partial charge on any atom is -0.331 e. The lowest BCUT2D eigenvalue weighted by atomic mass is 9.92. The number of rotatable bonds is 3. The summed E-state index contributed by atoms with van der Waals surface area (Å²) in [6.45, 7) is 7.98. The van der Waals surface area contributed by atoms with E-state index in [-0.39, 0.29) is 11.4 Å². The molecule has 0 radical (unpaired) electrons. The van der Waals surface area contributed by atoms with Crippen LogP contribution in [0.4, 0.5) is 0 Å². The van der Waals surface area contributed by atoms with Crippen LogP contribution >= 0.6 is 0 Å². The van der Waals surface area contributed by atoms with E-state index < -0.39 is 0 Å². The van der Waals surface area contributed by atoms with Crippen molar-refractivity contribution >= 4 is 5.91 Å². The molecule has 0 aliphatic carbocycles. The van der Waals surface area contributed by atoms with Gasteiger partial charge in [0.1, 0.15) is 5.69 Å². The molecule has 112 valence electrons. The molecule has 0 saturated heterocycles. The summed E-state index contributed by atoms with van der Waals surface area (Å²) in [5.41, 5.74) is 3.21. The molecule has 1 aromatic carbocycles. The van der Waals surface area contributed by atoms with Gasteiger partial charge in [0, 0.05) is 19.7 Å². The number of aryl methyl sites for hydroxylation is 2. The monoisotopic (exact) mass is 285 g/mol. The second-order valence-electron chi connectivity index (χ2n) is 5.97. The maximum absolute atomic E-state index is 12.9. The molecule has 0 bridgehead atoms. The average molecular weight is 285 g/mol. The van der Waals surface area contributed by atoms with Gasteiger partial charge in [-0.15, -0.1) is 0 Å². The highest BCUT2D eigenvalue weighted by Crippen LogP contribution is 2.28. The summed E-state index contributed by atoms with van der Waals surface area (Å²) < 4.78 is 1.67. The van der Waals surface area contributed by atoms with Gasteiger partial charge in [-0.1, -0.05) is 30.3 Å². The minimum atomic E-state index is -0.386. The van der Waals surface area contributed by atoms with E-state index in [2.05, 4.69) is 18.9 Å². The van der Waals surface area contributed by atoms with E-state index in [1.54, 1.807) is 9.58 Å². The summed E-state index contributed by atoms with van der Waals surface area (Å²) in [5.74, 6) is -0.00977. The van der Waals surface area contributed by atoms with Crippen molar-refractivity contribution in [2.75, 3.05) is 7.05 Å². The van der Waals surface area contributed by atoms with Crippen LogP contribution in [0.3, 0.4) is 0 Å². The van der Waals surface area contributed by atoms with Crippen molar-refractivity contribution in [1.29, 1.82) is 0 Å². The van der Waals surface area contributed by atoms with Gasteiger partial charge < -0.3 is 4.90 Å². The lowest BCUT2D eigenvalue weighted by Crippen LogP contribution is -2.43. The van der Waals surface area contributed by atoms with Crippen molar-refractivity contribution in [3.8, 4) is 0 Å². The smallest absolute Gasteiger partial charge is 0.272 e. The molecule has 4 heteroatoms. The highest BCUT2D eigenvalue weighted by atomic mass is 16.2. The molecule has 0 fully saturated rings. The lowest BCUT2D eigenvalue weighted by Gasteiger charge is -2.36. The van der Waals surface area contributed by atoms with Crippen LogP contribution in [0.5, 0.6) is 0 Å². The van der Waals surface area contributed by atoms with E-state index in [1.807, 2.05) is 58.3 Å². The summed E-state index contributed by atoms with van der Waals surface area (Å²) in [6, 6.07) is 10.1. The first kappa shape index (κ1) is 15.3. The molecular weight excluding hydrogens is 262 g/mol. The molecule has 2 aromatic rings. The van der Waals surface area contributed by atoms with Crippen LogP contribution in [0, 0.1) is 13.8 Å². The third-order valence-corrected chi connectivity index (χ3v) is 4.35. The van der Waals surface area contributed by atoms with E-state index in [1.165, 1.54) is 0 Å². The van der Waals surface area contributed by atoms with Crippen molar-refractivity contribution < 1.29 is 4.79 Å². The van der Waals surface area contributed by atoms with Gasteiger partial charge in [0.25, 0.3) is 5.91 Å². The first-order valence-electron chi connectivity index (χ1n) is 7.10. The molecular formula is C17H23N3O. The zero-order valence-electron chi connectivity index (χ0n) is 13.6. The zero-order valence-corrected chi connectivity index (χ0v) is 13.6. The number of amides is 1. The fraction of sp³-hybridized carbons (Fsp3) is 0.412. The number of aromatic nitrogens is 2. The molecule has 0 aliphatic heterocycles. The summed E-state index contributed by atoms with van der Waals surface area (Å²) in [6.07, 6.45) is 0. The Morgan fingerprint density at radius 2 is 1.76 bits per heavy atom. The Bertz CT molecular complexity index is 656. The normalized spacial score (nSPS) is 11.5. The van der Waals surface area contributed by atoms with Crippen molar-refractivity contribution in [3.05, 3.63) is 52.8 Å². The Morgan fingerprint density at radius 1 is 1.19 bits per heavy atom. The zero-order chi connectivity index (χ0) is 15.8. The molecule has 0 atom stereocenters. The minimum absolute atomic E-state index is 0.00977. The first-order chi connectivity index (χ1) is 9.76. The van der Waals surface area contributed by atoms with Crippen LogP contribution in [0.15, 0.2) is 30.3 Å². The maximum atomic E-state index is 12.9. The van der Waals surface area contributed by atoms with Gasteiger partial charge in [-0.25, -0.2) is 0 Å². The second kappa shape index (κ2) is 5.35. The molecule has 0 N–H and O–H groups in total. The van der Waals surface area contributed by atoms with Gasteiger partial charge in [0.05, 0.1) is 11.2 Å². The molecule has 0 aliphatic rings. The van der Waals surface area contributed by atoms with E-state index in [0.717, 1.165) is 16.8 Å². The molecule has 0 unspecified atom stereocenters. The molecule has 21 heavy (non-hydrogen) atoms. The van der Waals surface area contributed by atoms with Gasteiger partial charge in [-0.05, 0) is 33.3 Å². The summed E-state index contributed by atoms with van der Waals surface area (Å²) in [7, 11) is 3.66. The summed E-state index contributed by atoms with van der Waals surface area (Å²) in [5, 5.41) is 4.34. The van der Waals surface area contributed by atoms with Gasteiger partial charge in [0.2, 0.25) is 0 Å². The van der Waals surface area contributed by atoms with E-state index in [9.17, 15) is 4.79 Å². The maximum Gasteiger partial charge on any atom is 0.272 e. The van der Waals surface area contributed by atoms with Crippen LogP contribution in [0.2, 0.25) is 0 Å². The Balaban J connectivity index is 2.39. The van der Waals surface area contributed by atoms with Gasteiger partial charge in [-0.3, -0.25) is 9.48 Å². The predicted octanol–water partition coefficient (Wildman–Crippen LogP) is 3.04. The molecule has 0 spiro atoms. The SMILES string of the molecule is Cc1nn(C)c(C(=O)N(C)C(C)(C)c2ccccc2)c1C. The number of carbonyl (C=O) groups is 1. The molecule has 0 saturated carbocycles. The Labute approximate surface area is 126 Å². The molecule has 2 rings (SSSR count). The van der Waals surface area contributed by atoms with Crippen molar-refractivity contribution in [3.63, 3.8) is 0 Å². The first-order valence-corrected chi connectivity index (χ1v) is 7.10. The van der Waals surface area contributed by atoms with E-state index in [4.69, 9.17) is 0 Å². The lowest BCUT2D eigenvalue weighted by molar-refractivity contribution is 0.0610. The number of nitrogens with zero attached hydrogens (tertiary/aromatic N) is 3. The summed E-state index contributed by atoms with van der Waals surface area (Å²) in [4.78, 5) is 14.7. The third-order valence-electron chi connectivity index (χ3n) is 4.35. The van der Waals surface area contributed by atoms with Crippen molar-refractivity contribution in [2.45, 2.75) is 33.2 Å². The number of carbonyl (C=O) groups excluding carboxylic acids is 1. The molecule has 1 heterocycles. The van der Waals surface area contributed by atoms with Crippen LogP contribution in [-0.2, 0) is 12.6 Å². The topological polar surface area (TPSA) is 38.1 Å². The van der Waals surface area contributed by atoms with Gasteiger partial charge in [-0.2, -0.15) is 5.10 Å². The standard InChI is InChI=1S/C17H23N3O/c1-12-13(2)18-20(6)15(12)16(21)19(5)17(3,4)14-10-8-7-9-11-14/h7-11H,1-6H3. The highest BCUT2D eigenvalue weighted by Gasteiger charge is 2.32. The molecule has 1 amide bonds. The fourth-order valence-electron chi connectivity index (χ4n) is 2.52.